The second kappa shape index (κ2) is 4.63. The molecule has 2 aliphatic rings. The lowest BCUT2D eigenvalue weighted by molar-refractivity contribution is 0.429. The Bertz CT molecular complexity index is 407. The van der Waals surface area contributed by atoms with Gasteiger partial charge in [-0.3, -0.25) is 0 Å². The van der Waals surface area contributed by atoms with Gasteiger partial charge in [0.25, 0.3) is 0 Å². The zero-order valence-corrected chi connectivity index (χ0v) is 10.7. The maximum absolute atomic E-state index is 5.77. The number of anilines is 3. The van der Waals surface area contributed by atoms with Crippen LogP contribution in [-0.4, -0.2) is 22.6 Å². The molecule has 0 amide bonds. The Labute approximate surface area is 108 Å². The van der Waals surface area contributed by atoms with Gasteiger partial charge >= 0.3 is 0 Å². The summed E-state index contributed by atoms with van der Waals surface area (Å²) in [4.78, 5) is 10.7. The van der Waals surface area contributed by atoms with Gasteiger partial charge in [-0.25, -0.2) is 0 Å². The Morgan fingerprint density at radius 2 is 1.83 bits per heavy atom. The highest BCUT2D eigenvalue weighted by Crippen LogP contribution is 2.37. The number of hydrogen-bond acceptors (Lipinski definition) is 5. The quantitative estimate of drug-likeness (QED) is 0.833. The van der Waals surface area contributed by atoms with E-state index in [1.807, 2.05) is 6.07 Å². The van der Waals surface area contributed by atoms with Crippen molar-refractivity contribution in [2.24, 2.45) is 5.92 Å². The van der Waals surface area contributed by atoms with Crippen molar-refractivity contribution in [3.05, 3.63) is 6.07 Å². The van der Waals surface area contributed by atoms with Crippen molar-refractivity contribution in [2.45, 2.75) is 44.6 Å². The van der Waals surface area contributed by atoms with E-state index in [4.69, 9.17) is 11.5 Å². The van der Waals surface area contributed by atoms with Crippen molar-refractivity contribution in [1.82, 2.24) is 9.97 Å². The molecular weight excluding hydrogens is 226 g/mol. The highest BCUT2D eigenvalue weighted by atomic mass is 15.3. The second-order valence-electron chi connectivity index (χ2n) is 5.46. The minimum atomic E-state index is 0.280. The number of nitrogens with zero attached hydrogens (tertiary/aromatic N) is 3. The molecule has 1 aliphatic carbocycles. The van der Waals surface area contributed by atoms with E-state index in [9.17, 15) is 0 Å². The van der Waals surface area contributed by atoms with Crippen LogP contribution in [0, 0.1) is 5.92 Å². The number of hydrogen-bond donors (Lipinski definition) is 2. The van der Waals surface area contributed by atoms with E-state index in [2.05, 4.69) is 14.9 Å². The third-order valence-corrected chi connectivity index (χ3v) is 4.29. The fraction of sp³-hybridized carbons (Fsp3) is 0.692. The van der Waals surface area contributed by atoms with Gasteiger partial charge in [-0.05, 0) is 31.6 Å². The topological polar surface area (TPSA) is 81.1 Å². The van der Waals surface area contributed by atoms with Crippen molar-refractivity contribution >= 4 is 17.6 Å². The van der Waals surface area contributed by atoms with Gasteiger partial charge in [0.1, 0.15) is 11.6 Å². The predicted octanol–water partition coefficient (Wildman–Crippen LogP) is 1.80. The lowest BCUT2D eigenvalue weighted by Gasteiger charge is -2.30. The molecule has 1 aliphatic heterocycles. The highest BCUT2D eigenvalue weighted by molar-refractivity contribution is 5.51. The fourth-order valence-electron chi connectivity index (χ4n) is 3.53. The summed E-state index contributed by atoms with van der Waals surface area (Å²) in [7, 11) is 0. The van der Waals surface area contributed by atoms with Crippen LogP contribution in [0.4, 0.5) is 17.6 Å². The number of rotatable bonds is 2. The molecular formula is C13H21N5. The molecule has 4 N–H and O–H groups in total. The summed E-state index contributed by atoms with van der Waals surface area (Å²) >= 11 is 0. The third-order valence-electron chi connectivity index (χ3n) is 4.29. The summed E-state index contributed by atoms with van der Waals surface area (Å²) in [5, 5.41) is 0. The number of aromatic nitrogens is 2. The standard InChI is InChI=1S/C13H21N5/c14-11-8-12(17-13(15)16-11)18-7-3-6-10(18)9-4-1-2-5-9/h8-10H,1-7H2,(H4,14,15,16,17). The summed E-state index contributed by atoms with van der Waals surface area (Å²) in [5.41, 5.74) is 11.5. The second-order valence-corrected chi connectivity index (χ2v) is 5.46. The number of nitrogens with two attached hydrogens (primary N) is 2. The van der Waals surface area contributed by atoms with Crippen LogP contribution in [0.5, 0.6) is 0 Å². The monoisotopic (exact) mass is 247 g/mol. The molecule has 1 aromatic heterocycles. The average Bonchev–Trinajstić information content (AvgIpc) is 2.98. The largest absolute Gasteiger partial charge is 0.383 e. The fourth-order valence-corrected chi connectivity index (χ4v) is 3.53. The van der Waals surface area contributed by atoms with E-state index in [0.29, 0.717) is 11.9 Å². The van der Waals surface area contributed by atoms with E-state index in [1.165, 1.54) is 38.5 Å². The van der Waals surface area contributed by atoms with Crippen molar-refractivity contribution < 1.29 is 0 Å². The van der Waals surface area contributed by atoms with Gasteiger partial charge in [-0.15, -0.1) is 0 Å². The van der Waals surface area contributed by atoms with Crippen LogP contribution in [0.3, 0.4) is 0 Å². The van der Waals surface area contributed by atoms with Crippen LogP contribution in [0.25, 0.3) is 0 Å². The minimum Gasteiger partial charge on any atom is -0.383 e. The molecule has 0 aromatic carbocycles. The van der Waals surface area contributed by atoms with Crippen molar-refractivity contribution in [2.75, 3.05) is 22.9 Å². The Hall–Kier alpha value is -1.52. The van der Waals surface area contributed by atoms with E-state index in [-0.39, 0.29) is 5.95 Å². The maximum atomic E-state index is 5.77. The van der Waals surface area contributed by atoms with Gasteiger partial charge in [0, 0.05) is 18.7 Å². The van der Waals surface area contributed by atoms with E-state index in [1.54, 1.807) is 0 Å². The van der Waals surface area contributed by atoms with Crippen LogP contribution in [-0.2, 0) is 0 Å². The molecule has 0 radical (unpaired) electrons. The van der Waals surface area contributed by atoms with Gasteiger partial charge in [-0.1, -0.05) is 12.8 Å². The van der Waals surface area contributed by atoms with Crippen LogP contribution >= 0.6 is 0 Å². The Morgan fingerprint density at radius 1 is 1.06 bits per heavy atom. The summed E-state index contributed by atoms with van der Waals surface area (Å²) in [6.45, 7) is 1.07. The van der Waals surface area contributed by atoms with Crippen LogP contribution < -0.4 is 16.4 Å². The van der Waals surface area contributed by atoms with Crippen LogP contribution in [0.2, 0.25) is 0 Å². The first kappa shape index (κ1) is 11.6. The van der Waals surface area contributed by atoms with Crippen LogP contribution in [0.1, 0.15) is 38.5 Å². The molecule has 2 fully saturated rings. The Kier molecular flexibility index (Phi) is 2.97. The number of nitrogen functional groups attached to an aromatic ring is 2. The van der Waals surface area contributed by atoms with Crippen molar-refractivity contribution in [3.63, 3.8) is 0 Å². The lowest BCUT2D eigenvalue weighted by Crippen LogP contribution is -2.35. The lowest BCUT2D eigenvalue weighted by atomic mass is 9.96. The maximum Gasteiger partial charge on any atom is 0.223 e. The SMILES string of the molecule is Nc1cc(N2CCCC2C2CCCC2)nc(N)n1. The summed E-state index contributed by atoms with van der Waals surface area (Å²) in [5.74, 6) is 2.48. The van der Waals surface area contributed by atoms with E-state index < -0.39 is 0 Å². The summed E-state index contributed by atoms with van der Waals surface area (Å²) in [6, 6.07) is 2.48. The van der Waals surface area contributed by atoms with Gasteiger partial charge in [0.15, 0.2) is 0 Å². The van der Waals surface area contributed by atoms with Gasteiger partial charge < -0.3 is 16.4 Å². The molecule has 0 spiro atoms. The highest BCUT2D eigenvalue weighted by Gasteiger charge is 2.34. The smallest absolute Gasteiger partial charge is 0.223 e. The van der Waals surface area contributed by atoms with Gasteiger partial charge in [-0.2, -0.15) is 9.97 Å². The normalized spacial score (nSPS) is 24.9. The molecule has 2 heterocycles. The zero-order valence-electron chi connectivity index (χ0n) is 10.7. The third kappa shape index (κ3) is 2.09. The molecule has 1 atom stereocenters. The first-order chi connectivity index (χ1) is 8.74. The van der Waals surface area contributed by atoms with E-state index >= 15 is 0 Å². The van der Waals surface area contributed by atoms with E-state index in [0.717, 1.165) is 18.3 Å². The molecule has 0 bridgehead atoms. The first-order valence-electron chi connectivity index (χ1n) is 6.91. The first-order valence-corrected chi connectivity index (χ1v) is 6.91. The summed E-state index contributed by atoms with van der Waals surface area (Å²) in [6.07, 6.45) is 7.99. The minimum absolute atomic E-state index is 0.280. The average molecular weight is 247 g/mol. The van der Waals surface area contributed by atoms with Gasteiger partial charge in [0.05, 0.1) is 0 Å². The Morgan fingerprint density at radius 3 is 2.56 bits per heavy atom. The predicted molar refractivity (Wildman–Crippen MR) is 73.2 cm³/mol. The molecule has 1 aromatic rings. The molecule has 1 saturated heterocycles. The molecule has 3 rings (SSSR count). The van der Waals surface area contributed by atoms with Gasteiger partial charge in [0.2, 0.25) is 5.95 Å². The zero-order chi connectivity index (χ0) is 12.5. The summed E-state index contributed by atoms with van der Waals surface area (Å²) < 4.78 is 0. The Balaban J connectivity index is 1.85. The molecule has 98 valence electrons. The molecule has 18 heavy (non-hydrogen) atoms. The molecule has 5 nitrogen and oxygen atoms in total. The molecule has 1 saturated carbocycles. The molecule has 5 heteroatoms. The van der Waals surface area contributed by atoms with Crippen molar-refractivity contribution in [1.29, 1.82) is 0 Å². The van der Waals surface area contributed by atoms with Crippen molar-refractivity contribution in [3.8, 4) is 0 Å². The van der Waals surface area contributed by atoms with Crippen LogP contribution in [0.15, 0.2) is 6.07 Å². The molecule has 1 unspecified atom stereocenters.